The van der Waals surface area contributed by atoms with E-state index in [1.165, 1.54) is 10.4 Å². The van der Waals surface area contributed by atoms with Gasteiger partial charge in [0.05, 0.1) is 23.8 Å². The minimum Gasteiger partial charge on any atom is -0.379 e. The van der Waals surface area contributed by atoms with Crippen molar-refractivity contribution in [3.8, 4) is 0 Å². The Morgan fingerprint density at radius 3 is 2.54 bits per heavy atom. The summed E-state index contributed by atoms with van der Waals surface area (Å²) in [7, 11) is -3.66. The van der Waals surface area contributed by atoms with Gasteiger partial charge in [0, 0.05) is 22.2 Å². The highest BCUT2D eigenvalue weighted by molar-refractivity contribution is 14.1. The topological polar surface area (TPSA) is 75.7 Å². The van der Waals surface area contributed by atoms with Crippen LogP contribution in [0.3, 0.4) is 0 Å². The van der Waals surface area contributed by atoms with Crippen LogP contribution < -0.4 is 5.32 Å². The van der Waals surface area contributed by atoms with E-state index in [0.717, 1.165) is 3.57 Å². The van der Waals surface area contributed by atoms with Gasteiger partial charge in [-0.25, -0.2) is 8.42 Å². The van der Waals surface area contributed by atoms with Crippen LogP contribution in [0.15, 0.2) is 47.4 Å². The molecular weight excluding hydrogens is 467 g/mol. The van der Waals surface area contributed by atoms with E-state index in [4.69, 9.17) is 4.74 Å². The number of nitrogens with zero attached hydrogens (tertiary/aromatic N) is 1. The molecule has 8 heteroatoms. The van der Waals surface area contributed by atoms with Crippen molar-refractivity contribution < 1.29 is 17.9 Å². The summed E-state index contributed by atoms with van der Waals surface area (Å²) in [6.45, 7) is 3.13. The van der Waals surface area contributed by atoms with Crippen LogP contribution in [0.1, 0.15) is 15.9 Å². The second kappa shape index (κ2) is 8.03. The lowest BCUT2D eigenvalue weighted by atomic mass is 10.1. The standard InChI is InChI=1S/C18H19IN2O4S/c1-13-6-7-14(18(22)20-16-5-3-2-4-15(16)19)12-17(13)26(23,24)21-8-10-25-11-9-21/h2-7,12H,8-11H2,1H3,(H,20,22). The first-order chi connectivity index (χ1) is 12.4. The van der Waals surface area contributed by atoms with Crippen LogP contribution in [0.5, 0.6) is 0 Å². The van der Waals surface area contributed by atoms with Gasteiger partial charge in [0.15, 0.2) is 0 Å². The van der Waals surface area contributed by atoms with E-state index >= 15 is 0 Å². The number of morpholine rings is 1. The Bertz CT molecular complexity index is 925. The third-order valence-electron chi connectivity index (χ3n) is 4.16. The largest absolute Gasteiger partial charge is 0.379 e. The Morgan fingerprint density at radius 2 is 1.85 bits per heavy atom. The predicted molar refractivity (Wildman–Crippen MR) is 108 cm³/mol. The lowest BCUT2D eigenvalue weighted by molar-refractivity contribution is 0.0730. The van der Waals surface area contributed by atoms with Crippen molar-refractivity contribution in [1.82, 2.24) is 4.31 Å². The third kappa shape index (κ3) is 4.08. The zero-order valence-electron chi connectivity index (χ0n) is 14.2. The number of halogens is 1. The third-order valence-corrected chi connectivity index (χ3v) is 7.14. The summed E-state index contributed by atoms with van der Waals surface area (Å²) in [6, 6.07) is 12.2. The molecule has 0 aromatic heterocycles. The number of anilines is 1. The van der Waals surface area contributed by atoms with E-state index < -0.39 is 10.0 Å². The maximum Gasteiger partial charge on any atom is 0.255 e. The molecule has 0 radical (unpaired) electrons. The zero-order valence-corrected chi connectivity index (χ0v) is 17.2. The van der Waals surface area contributed by atoms with Crippen LogP contribution in [0.4, 0.5) is 5.69 Å². The fourth-order valence-corrected chi connectivity index (χ4v) is 4.88. The van der Waals surface area contributed by atoms with Gasteiger partial charge in [0.1, 0.15) is 0 Å². The number of nitrogens with one attached hydrogen (secondary N) is 1. The molecule has 0 unspecified atom stereocenters. The summed E-state index contributed by atoms with van der Waals surface area (Å²) < 4.78 is 33.4. The molecule has 0 aliphatic carbocycles. The maximum absolute atomic E-state index is 12.9. The molecule has 0 bridgehead atoms. The lowest BCUT2D eigenvalue weighted by Gasteiger charge is -2.26. The van der Waals surface area contributed by atoms with Gasteiger partial charge < -0.3 is 10.1 Å². The number of hydrogen-bond acceptors (Lipinski definition) is 4. The summed E-state index contributed by atoms with van der Waals surface area (Å²) in [5.41, 5.74) is 1.61. The van der Waals surface area contributed by atoms with Crippen molar-refractivity contribution in [2.45, 2.75) is 11.8 Å². The van der Waals surface area contributed by atoms with E-state index in [1.807, 2.05) is 18.2 Å². The Hall–Kier alpha value is -1.49. The normalized spacial score (nSPS) is 15.6. The van der Waals surface area contributed by atoms with Gasteiger partial charge in [-0.1, -0.05) is 18.2 Å². The molecule has 1 aliphatic rings. The van der Waals surface area contributed by atoms with Crippen molar-refractivity contribution >= 4 is 44.2 Å². The summed E-state index contributed by atoms with van der Waals surface area (Å²) in [6.07, 6.45) is 0. The monoisotopic (exact) mass is 486 g/mol. The number of rotatable bonds is 4. The van der Waals surface area contributed by atoms with Crippen molar-refractivity contribution in [3.05, 3.63) is 57.2 Å². The fraction of sp³-hybridized carbons (Fsp3) is 0.278. The molecule has 1 N–H and O–H groups in total. The van der Waals surface area contributed by atoms with Gasteiger partial charge in [-0.2, -0.15) is 4.31 Å². The molecule has 0 atom stereocenters. The molecule has 2 aromatic rings. The average molecular weight is 486 g/mol. The van der Waals surface area contributed by atoms with Gasteiger partial charge in [-0.15, -0.1) is 0 Å². The van der Waals surface area contributed by atoms with E-state index in [0.29, 0.717) is 43.1 Å². The predicted octanol–water partition coefficient (Wildman–Crippen LogP) is 2.87. The van der Waals surface area contributed by atoms with Crippen molar-refractivity contribution in [2.75, 3.05) is 31.6 Å². The molecular formula is C18H19IN2O4S. The SMILES string of the molecule is Cc1ccc(C(=O)Nc2ccccc2I)cc1S(=O)(=O)N1CCOCC1. The van der Waals surface area contributed by atoms with Crippen molar-refractivity contribution in [1.29, 1.82) is 0 Å². The van der Waals surface area contributed by atoms with Crippen LogP contribution in [0.25, 0.3) is 0 Å². The van der Waals surface area contributed by atoms with E-state index in [2.05, 4.69) is 27.9 Å². The van der Waals surface area contributed by atoms with Gasteiger partial charge in [-0.3, -0.25) is 4.79 Å². The van der Waals surface area contributed by atoms with E-state index in [9.17, 15) is 13.2 Å². The second-order valence-corrected chi connectivity index (χ2v) is 9.00. The van der Waals surface area contributed by atoms with E-state index in [-0.39, 0.29) is 10.8 Å². The van der Waals surface area contributed by atoms with Crippen LogP contribution in [0, 0.1) is 10.5 Å². The molecule has 1 amide bonds. The molecule has 3 rings (SSSR count). The number of benzene rings is 2. The number of para-hydroxylation sites is 1. The molecule has 1 fully saturated rings. The van der Waals surface area contributed by atoms with Crippen LogP contribution in [0.2, 0.25) is 0 Å². The average Bonchev–Trinajstić information content (AvgIpc) is 2.64. The van der Waals surface area contributed by atoms with Gasteiger partial charge in [0.2, 0.25) is 10.0 Å². The van der Waals surface area contributed by atoms with Gasteiger partial charge >= 0.3 is 0 Å². The van der Waals surface area contributed by atoms with Crippen molar-refractivity contribution in [2.24, 2.45) is 0 Å². The highest BCUT2D eigenvalue weighted by Crippen LogP contribution is 2.23. The highest BCUT2D eigenvalue weighted by atomic mass is 127. The van der Waals surface area contributed by atoms with Gasteiger partial charge in [-0.05, 0) is 59.3 Å². The first-order valence-electron chi connectivity index (χ1n) is 8.14. The molecule has 1 heterocycles. The molecule has 138 valence electrons. The quantitative estimate of drug-likeness (QED) is 0.675. The maximum atomic E-state index is 12.9. The van der Waals surface area contributed by atoms with Crippen LogP contribution in [-0.4, -0.2) is 44.9 Å². The number of ether oxygens (including phenoxy) is 1. The zero-order chi connectivity index (χ0) is 18.7. The van der Waals surface area contributed by atoms with Gasteiger partial charge in [0.25, 0.3) is 5.91 Å². The second-order valence-electron chi connectivity index (χ2n) is 5.93. The number of aryl methyl sites for hydroxylation is 1. The number of carbonyl (C=O) groups is 1. The van der Waals surface area contributed by atoms with E-state index in [1.54, 1.807) is 25.1 Å². The Balaban J connectivity index is 1.90. The highest BCUT2D eigenvalue weighted by Gasteiger charge is 2.28. The minimum absolute atomic E-state index is 0.162. The number of amides is 1. The molecule has 1 aliphatic heterocycles. The molecule has 0 spiro atoms. The molecule has 2 aromatic carbocycles. The number of sulfonamides is 1. The molecule has 0 saturated carbocycles. The lowest BCUT2D eigenvalue weighted by Crippen LogP contribution is -2.40. The summed E-state index contributed by atoms with van der Waals surface area (Å²) in [5.74, 6) is -0.340. The van der Waals surface area contributed by atoms with Crippen LogP contribution in [-0.2, 0) is 14.8 Å². The van der Waals surface area contributed by atoms with Crippen LogP contribution >= 0.6 is 22.6 Å². The number of hydrogen-bond donors (Lipinski definition) is 1. The summed E-state index contributed by atoms with van der Waals surface area (Å²) in [4.78, 5) is 12.8. The molecule has 26 heavy (non-hydrogen) atoms. The first-order valence-corrected chi connectivity index (χ1v) is 10.7. The van der Waals surface area contributed by atoms with Crippen molar-refractivity contribution in [3.63, 3.8) is 0 Å². The fourth-order valence-electron chi connectivity index (χ4n) is 2.70. The first kappa shape index (κ1) is 19.3. The Labute approximate surface area is 166 Å². The smallest absolute Gasteiger partial charge is 0.255 e. The summed E-state index contributed by atoms with van der Waals surface area (Å²) in [5, 5.41) is 2.83. The molecule has 6 nitrogen and oxygen atoms in total. The Kier molecular flexibility index (Phi) is 5.96. The number of carbonyl (C=O) groups excluding carboxylic acids is 1. The Morgan fingerprint density at radius 1 is 1.15 bits per heavy atom. The summed E-state index contributed by atoms with van der Waals surface area (Å²) >= 11 is 2.14. The minimum atomic E-state index is -3.66. The molecule has 1 saturated heterocycles.